The lowest BCUT2D eigenvalue weighted by atomic mass is 10.2. The van der Waals surface area contributed by atoms with Crippen molar-refractivity contribution in [2.75, 3.05) is 65.1 Å². The van der Waals surface area contributed by atoms with Gasteiger partial charge in [0.15, 0.2) is 0 Å². The number of nitrogens with zero attached hydrogens (tertiary/aromatic N) is 5. The number of benzene rings is 1. The monoisotopic (exact) mass is 575 g/mol. The minimum atomic E-state index is -0.579. The summed E-state index contributed by atoms with van der Waals surface area (Å²) in [5, 5.41) is 17.5. The van der Waals surface area contributed by atoms with Crippen LogP contribution in [0.15, 0.2) is 42.7 Å². The molecule has 3 rings (SSSR count). The molecule has 0 aliphatic carbocycles. The first-order valence-corrected chi connectivity index (χ1v) is 13.9. The van der Waals surface area contributed by atoms with Gasteiger partial charge in [-0.3, -0.25) is 14.7 Å². The average Bonchev–Trinajstić information content (AvgIpc) is 3.44. The molecular formula is C30H41N9O3. The van der Waals surface area contributed by atoms with Crippen LogP contribution in [0.5, 0.6) is 0 Å². The van der Waals surface area contributed by atoms with E-state index in [0.717, 1.165) is 23.0 Å². The first kappa shape index (κ1) is 32.0. The normalized spacial score (nSPS) is 11.8. The topological polar surface area (TPSA) is 140 Å². The van der Waals surface area contributed by atoms with Crippen molar-refractivity contribution < 1.29 is 14.3 Å². The van der Waals surface area contributed by atoms with Gasteiger partial charge in [0.05, 0.1) is 23.5 Å². The highest BCUT2D eigenvalue weighted by Gasteiger charge is 2.20. The highest BCUT2D eigenvalue weighted by Crippen LogP contribution is 2.21. The average molecular weight is 576 g/mol. The molecule has 0 spiro atoms. The van der Waals surface area contributed by atoms with Crippen LogP contribution in [-0.2, 0) is 14.3 Å². The number of unbranched alkanes of at least 4 members (excludes halogenated alkanes) is 1. The quantitative estimate of drug-likeness (QED) is 0.122. The molecule has 0 unspecified atom stereocenters. The lowest BCUT2D eigenvalue weighted by Crippen LogP contribution is -2.45. The molecule has 0 saturated carbocycles. The Balaban J connectivity index is 1.53. The number of ether oxygens (including phenoxy) is 1. The zero-order valence-electron chi connectivity index (χ0n) is 25.0. The summed E-state index contributed by atoms with van der Waals surface area (Å²) in [5.41, 5.74) is 2.44. The fourth-order valence-corrected chi connectivity index (χ4v) is 3.78. The second-order valence-corrected chi connectivity index (χ2v) is 10.0. The van der Waals surface area contributed by atoms with Crippen LogP contribution in [0.4, 0.5) is 17.5 Å². The van der Waals surface area contributed by atoms with Crippen molar-refractivity contribution in [2.45, 2.75) is 32.2 Å². The molecule has 12 nitrogen and oxygen atoms in total. The lowest BCUT2D eigenvalue weighted by Gasteiger charge is -2.23. The maximum absolute atomic E-state index is 12.5. The number of methoxy groups -OCH3 is 1. The largest absolute Gasteiger partial charge is 0.385 e. The molecule has 12 heteroatoms. The van der Waals surface area contributed by atoms with E-state index in [1.165, 1.54) is 11.0 Å². The van der Waals surface area contributed by atoms with Crippen molar-refractivity contribution in [1.82, 2.24) is 35.3 Å². The number of aromatic amines is 1. The molecule has 0 fully saturated rings. The van der Waals surface area contributed by atoms with E-state index < -0.39 is 6.04 Å². The van der Waals surface area contributed by atoms with Gasteiger partial charge in [0.25, 0.3) is 0 Å². The molecule has 2 aromatic heterocycles. The van der Waals surface area contributed by atoms with Gasteiger partial charge in [0, 0.05) is 64.0 Å². The molecular weight excluding hydrogens is 534 g/mol. The number of carbonyl (C=O) groups excluding carboxylic acids is 2. The van der Waals surface area contributed by atoms with E-state index >= 15 is 0 Å². The van der Waals surface area contributed by atoms with Gasteiger partial charge in [-0.25, -0.2) is 4.98 Å². The van der Waals surface area contributed by atoms with Gasteiger partial charge in [-0.1, -0.05) is 17.9 Å². The predicted octanol–water partition coefficient (Wildman–Crippen LogP) is 2.76. The molecule has 2 amide bonds. The lowest BCUT2D eigenvalue weighted by molar-refractivity contribution is -0.135. The summed E-state index contributed by atoms with van der Waals surface area (Å²) in [4.78, 5) is 37.3. The van der Waals surface area contributed by atoms with E-state index in [-0.39, 0.29) is 11.8 Å². The van der Waals surface area contributed by atoms with Crippen LogP contribution in [0.2, 0.25) is 0 Å². The summed E-state index contributed by atoms with van der Waals surface area (Å²) in [6, 6.07) is 5.28. The summed E-state index contributed by atoms with van der Waals surface area (Å²) >= 11 is 0. The SMILES string of the molecule is COCCCNc1nc(Nc2ccc3cn[nH]c3c2)ncc1C#CCCCNC(=O)[C@H](C)N(C)C(=O)/C=C/CN(C)C. The van der Waals surface area contributed by atoms with Crippen LogP contribution in [0.3, 0.4) is 0 Å². The van der Waals surface area contributed by atoms with Gasteiger partial charge in [0.2, 0.25) is 17.8 Å². The number of fused-ring (bicyclic) bond motifs is 1. The van der Waals surface area contributed by atoms with Gasteiger partial charge in [0.1, 0.15) is 11.9 Å². The van der Waals surface area contributed by atoms with Crippen molar-refractivity contribution in [3.05, 3.63) is 48.3 Å². The Morgan fingerprint density at radius 1 is 1.17 bits per heavy atom. The number of anilines is 3. The van der Waals surface area contributed by atoms with Gasteiger partial charge in [-0.2, -0.15) is 10.1 Å². The number of nitrogens with one attached hydrogen (secondary N) is 4. The summed E-state index contributed by atoms with van der Waals surface area (Å²) in [6.45, 7) is 4.13. The molecule has 0 saturated heterocycles. The molecule has 0 aliphatic rings. The Morgan fingerprint density at radius 3 is 2.79 bits per heavy atom. The van der Waals surface area contributed by atoms with Crippen LogP contribution in [-0.4, -0.2) is 102 Å². The standard InChI is InChI=1S/C30H41N9O3/c1-22(39(4)27(40)12-9-17-38(2)3)29(41)32-15-8-6-7-11-24-20-33-30(36-28(24)31-16-10-18-42-5)35-25-14-13-23-21-34-37-26(23)19-25/h9,12-14,19-22H,6,8,10,15-18H2,1-5H3,(H,32,41)(H,34,37)(H2,31,33,35,36)/b12-9+/t22-/m0/s1. The van der Waals surface area contributed by atoms with Crippen LogP contribution in [0.25, 0.3) is 10.9 Å². The fourth-order valence-electron chi connectivity index (χ4n) is 3.78. The molecule has 0 aliphatic heterocycles. The number of H-pyrrole nitrogens is 1. The van der Waals surface area contributed by atoms with Gasteiger partial charge < -0.3 is 30.5 Å². The van der Waals surface area contributed by atoms with Crippen molar-refractivity contribution in [1.29, 1.82) is 0 Å². The third-order valence-electron chi connectivity index (χ3n) is 6.34. The predicted molar refractivity (Wildman–Crippen MR) is 165 cm³/mol. The number of carbonyl (C=O) groups is 2. The molecule has 2 heterocycles. The molecule has 0 radical (unpaired) electrons. The van der Waals surface area contributed by atoms with Crippen LogP contribution in [0.1, 0.15) is 31.7 Å². The number of hydrogen-bond acceptors (Lipinski definition) is 9. The maximum atomic E-state index is 12.5. The van der Waals surface area contributed by atoms with Gasteiger partial charge in [-0.15, -0.1) is 0 Å². The number of rotatable bonds is 15. The smallest absolute Gasteiger partial charge is 0.246 e. The third kappa shape index (κ3) is 10.2. The van der Waals surface area contributed by atoms with Crippen LogP contribution >= 0.6 is 0 Å². The number of likely N-dealkylation sites (N-methyl/N-ethyl adjacent to an activating group) is 2. The summed E-state index contributed by atoms with van der Waals surface area (Å²) in [5.74, 6) is 6.97. The van der Waals surface area contributed by atoms with Crippen molar-refractivity contribution >= 4 is 40.2 Å². The minimum absolute atomic E-state index is 0.203. The Labute approximate surface area is 247 Å². The van der Waals surface area contributed by atoms with E-state index in [2.05, 4.69) is 48.0 Å². The van der Waals surface area contributed by atoms with E-state index in [1.54, 1.807) is 39.6 Å². The molecule has 224 valence electrons. The van der Waals surface area contributed by atoms with E-state index in [9.17, 15) is 9.59 Å². The van der Waals surface area contributed by atoms with Crippen LogP contribution < -0.4 is 16.0 Å². The minimum Gasteiger partial charge on any atom is -0.385 e. The zero-order valence-corrected chi connectivity index (χ0v) is 25.0. The van der Waals surface area contributed by atoms with Crippen molar-refractivity contribution in [3.63, 3.8) is 0 Å². The highest BCUT2D eigenvalue weighted by atomic mass is 16.5. The molecule has 3 aromatic rings. The van der Waals surface area contributed by atoms with E-state index in [0.29, 0.717) is 56.4 Å². The molecule has 1 aromatic carbocycles. The highest BCUT2D eigenvalue weighted by molar-refractivity contribution is 5.92. The van der Waals surface area contributed by atoms with Crippen molar-refractivity contribution in [3.8, 4) is 11.8 Å². The Morgan fingerprint density at radius 2 is 2.00 bits per heavy atom. The maximum Gasteiger partial charge on any atom is 0.246 e. The zero-order chi connectivity index (χ0) is 30.3. The summed E-state index contributed by atoms with van der Waals surface area (Å²) in [6.07, 6.45) is 8.79. The summed E-state index contributed by atoms with van der Waals surface area (Å²) < 4.78 is 5.15. The molecule has 0 bridgehead atoms. The second-order valence-electron chi connectivity index (χ2n) is 10.0. The fraction of sp³-hybridized carbons (Fsp3) is 0.433. The number of aromatic nitrogens is 4. The van der Waals surface area contributed by atoms with Gasteiger partial charge in [-0.05, 0) is 52.1 Å². The van der Waals surface area contributed by atoms with E-state index in [4.69, 9.17) is 4.74 Å². The Bertz CT molecular complexity index is 1410. The first-order valence-electron chi connectivity index (χ1n) is 13.9. The summed E-state index contributed by atoms with van der Waals surface area (Å²) in [7, 11) is 7.14. The molecule has 1 atom stereocenters. The third-order valence-corrected chi connectivity index (χ3v) is 6.34. The number of amides is 2. The Hall–Kier alpha value is -4.47. The second kappa shape index (κ2) is 16.7. The molecule has 4 N–H and O–H groups in total. The van der Waals surface area contributed by atoms with Gasteiger partial charge >= 0.3 is 0 Å². The first-order chi connectivity index (χ1) is 20.3. The molecule has 42 heavy (non-hydrogen) atoms. The van der Waals surface area contributed by atoms with Crippen molar-refractivity contribution in [2.24, 2.45) is 0 Å². The van der Waals surface area contributed by atoms with E-state index in [1.807, 2.05) is 37.2 Å². The number of hydrogen-bond donors (Lipinski definition) is 4. The van der Waals surface area contributed by atoms with Crippen LogP contribution in [0, 0.1) is 11.8 Å². The Kier molecular flexibility index (Phi) is 12.8.